The SMILES string of the molecule is CN(C)Cc1cncc(-c2cc(F)c3n[nH]c(-c4nc5c(-c6cccc(F)c6)nccc5[nH]4)c3c2)c1. The summed E-state index contributed by atoms with van der Waals surface area (Å²) in [5, 5.41) is 7.72. The Kier molecular flexibility index (Phi) is 5.26. The van der Waals surface area contributed by atoms with Gasteiger partial charge in [0, 0.05) is 41.6 Å². The van der Waals surface area contributed by atoms with Crippen LogP contribution in [0.3, 0.4) is 0 Å². The molecule has 0 radical (unpaired) electrons. The van der Waals surface area contributed by atoms with Crippen LogP contribution in [-0.4, -0.2) is 49.1 Å². The van der Waals surface area contributed by atoms with Crippen LogP contribution >= 0.6 is 0 Å². The Balaban J connectivity index is 1.48. The molecule has 4 heterocycles. The Morgan fingerprint density at radius 3 is 2.64 bits per heavy atom. The molecule has 0 bridgehead atoms. The highest BCUT2D eigenvalue weighted by atomic mass is 19.1. The van der Waals surface area contributed by atoms with Crippen LogP contribution in [0, 0.1) is 11.6 Å². The van der Waals surface area contributed by atoms with Crippen molar-refractivity contribution in [2.45, 2.75) is 6.54 Å². The van der Waals surface area contributed by atoms with Crippen LogP contribution in [0.4, 0.5) is 8.78 Å². The average molecular weight is 482 g/mol. The van der Waals surface area contributed by atoms with E-state index in [4.69, 9.17) is 4.98 Å². The molecular weight excluding hydrogens is 460 g/mol. The molecule has 0 fully saturated rings. The highest BCUT2D eigenvalue weighted by Crippen LogP contribution is 2.33. The minimum atomic E-state index is -0.443. The maximum atomic E-state index is 15.1. The van der Waals surface area contributed by atoms with Gasteiger partial charge in [-0.05, 0) is 61.6 Å². The Bertz CT molecular complexity index is 1740. The molecule has 0 amide bonds. The Morgan fingerprint density at radius 1 is 0.917 bits per heavy atom. The number of aromatic amines is 2. The number of hydrogen-bond acceptors (Lipinski definition) is 5. The lowest BCUT2D eigenvalue weighted by molar-refractivity contribution is 0.402. The molecule has 7 nitrogen and oxygen atoms in total. The van der Waals surface area contributed by atoms with Gasteiger partial charge in [0.25, 0.3) is 0 Å². The minimum absolute atomic E-state index is 0.218. The highest BCUT2D eigenvalue weighted by Gasteiger charge is 2.18. The van der Waals surface area contributed by atoms with E-state index in [2.05, 4.69) is 25.1 Å². The van der Waals surface area contributed by atoms with E-state index in [1.165, 1.54) is 18.2 Å². The summed E-state index contributed by atoms with van der Waals surface area (Å²) < 4.78 is 29.0. The summed E-state index contributed by atoms with van der Waals surface area (Å²) in [4.78, 5) is 18.8. The average Bonchev–Trinajstić information content (AvgIpc) is 3.48. The number of halogens is 2. The van der Waals surface area contributed by atoms with Gasteiger partial charge in [0.2, 0.25) is 0 Å². The Labute approximate surface area is 204 Å². The monoisotopic (exact) mass is 481 g/mol. The van der Waals surface area contributed by atoms with Crippen LogP contribution < -0.4 is 0 Å². The number of pyridine rings is 2. The molecule has 2 N–H and O–H groups in total. The Hall–Kier alpha value is -4.50. The van der Waals surface area contributed by atoms with Gasteiger partial charge in [0.15, 0.2) is 11.6 Å². The molecular formula is C27H21F2N7. The predicted molar refractivity (Wildman–Crippen MR) is 135 cm³/mol. The molecule has 0 unspecified atom stereocenters. The van der Waals surface area contributed by atoms with Gasteiger partial charge in [0.05, 0.1) is 11.2 Å². The van der Waals surface area contributed by atoms with E-state index in [-0.39, 0.29) is 11.3 Å². The lowest BCUT2D eigenvalue weighted by atomic mass is 10.0. The summed E-state index contributed by atoms with van der Waals surface area (Å²) >= 11 is 0. The normalized spacial score (nSPS) is 11.7. The van der Waals surface area contributed by atoms with Gasteiger partial charge < -0.3 is 9.88 Å². The summed E-state index contributed by atoms with van der Waals surface area (Å²) in [7, 11) is 3.97. The minimum Gasteiger partial charge on any atom is -0.337 e. The van der Waals surface area contributed by atoms with Crippen molar-refractivity contribution < 1.29 is 8.78 Å². The molecule has 9 heteroatoms. The van der Waals surface area contributed by atoms with Gasteiger partial charge in [-0.2, -0.15) is 5.10 Å². The molecule has 0 aliphatic heterocycles. The first kappa shape index (κ1) is 22.0. The fraction of sp³-hybridized carbons (Fsp3) is 0.111. The van der Waals surface area contributed by atoms with E-state index in [9.17, 15) is 4.39 Å². The van der Waals surface area contributed by atoms with E-state index in [1.807, 2.05) is 31.1 Å². The zero-order valence-electron chi connectivity index (χ0n) is 19.5. The zero-order chi connectivity index (χ0) is 24.8. The number of fused-ring (bicyclic) bond motifs is 2. The van der Waals surface area contributed by atoms with Crippen molar-refractivity contribution in [3.63, 3.8) is 0 Å². The largest absolute Gasteiger partial charge is 0.337 e. The lowest BCUT2D eigenvalue weighted by Gasteiger charge is -2.10. The second-order valence-corrected chi connectivity index (χ2v) is 8.92. The molecule has 0 atom stereocenters. The van der Waals surface area contributed by atoms with Crippen LogP contribution in [0.5, 0.6) is 0 Å². The third kappa shape index (κ3) is 3.89. The summed E-state index contributed by atoms with van der Waals surface area (Å²) in [6.45, 7) is 0.725. The van der Waals surface area contributed by atoms with Gasteiger partial charge in [-0.1, -0.05) is 12.1 Å². The van der Waals surface area contributed by atoms with Crippen molar-refractivity contribution in [3.8, 4) is 33.9 Å². The predicted octanol–water partition coefficient (Wildman–Crippen LogP) is 5.57. The Morgan fingerprint density at radius 2 is 1.81 bits per heavy atom. The molecule has 6 rings (SSSR count). The lowest BCUT2D eigenvalue weighted by Crippen LogP contribution is -2.10. The van der Waals surface area contributed by atoms with Crippen molar-refractivity contribution in [2.75, 3.05) is 14.1 Å². The van der Waals surface area contributed by atoms with E-state index in [1.54, 1.807) is 36.8 Å². The van der Waals surface area contributed by atoms with Gasteiger partial charge in [-0.3, -0.25) is 15.1 Å². The smallest absolute Gasteiger partial charge is 0.157 e. The van der Waals surface area contributed by atoms with Crippen molar-refractivity contribution >= 4 is 21.9 Å². The number of imidazole rings is 1. The molecule has 2 aromatic carbocycles. The summed E-state index contributed by atoms with van der Waals surface area (Å²) in [5.74, 6) is -0.316. The van der Waals surface area contributed by atoms with E-state index in [0.29, 0.717) is 39.2 Å². The molecule has 0 aliphatic rings. The third-order valence-electron chi connectivity index (χ3n) is 5.98. The van der Waals surface area contributed by atoms with Gasteiger partial charge in [-0.15, -0.1) is 0 Å². The molecule has 0 aliphatic carbocycles. The molecule has 6 aromatic rings. The number of nitrogens with one attached hydrogen (secondary N) is 2. The summed E-state index contributed by atoms with van der Waals surface area (Å²) in [5.41, 5.74) is 5.76. The fourth-order valence-corrected chi connectivity index (χ4v) is 4.42. The van der Waals surface area contributed by atoms with Crippen LogP contribution in [0.15, 0.2) is 67.1 Å². The van der Waals surface area contributed by atoms with E-state index >= 15 is 4.39 Å². The molecule has 36 heavy (non-hydrogen) atoms. The third-order valence-corrected chi connectivity index (χ3v) is 5.98. The zero-order valence-corrected chi connectivity index (χ0v) is 19.5. The second kappa shape index (κ2) is 8.62. The van der Waals surface area contributed by atoms with Gasteiger partial charge >= 0.3 is 0 Å². The van der Waals surface area contributed by atoms with Crippen LogP contribution in [0.1, 0.15) is 5.56 Å². The van der Waals surface area contributed by atoms with Gasteiger partial charge in [-0.25, -0.2) is 13.8 Å². The molecule has 178 valence electrons. The van der Waals surface area contributed by atoms with Crippen molar-refractivity contribution in [2.24, 2.45) is 0 Å². The van der Waals surface area contributed by atoms with Crippen LogP contribution in [0.25, 0.3) is 55.8 Å². The summed E-state index contributed by atoms with van der Waals surface area (Å²) in [6, 6.07) is 13.4. The number of aromatic nitrogens is 6. The highest BCUT2D eigenvalue weighted by molar-refractivity contribution is 5.97. The van der Waals surface area contributed by atoms with Crippen molar-refractivity contribution in [3.05, 3.63) is 84.3 Å². The molecule has 0 saturated carbocycles. The maximum Gasteiger partial charge on any atom is 0.157 e. The van der Waals surface area contributed by atoms with E-state index < -0.39 is 5.82 Å². The molecule has 0 saturated heterocycles. The van der Waals surface area contributed by atoms with Crippen LogP contribution in [0.2, 0.25) is 0 Å². The van der Waals surface area contributed by atoms with Gasteiger partial charge in [0.1, 0.15) is 22.5 Å². The van der Waals surface area contributed by atoms with E-state index in [0.717, 1.165) is 23.2 Å². The topological polar surface area (TPSA) is 86.4 Å². The number of rotatable bonds is 5. The van der Waals surface area contributed by atoms with Crippen molar-refractivity contribution in [1.82, 2.24) is 35.0 Å². The number of benzene rings is 2. The standard InChI is InChI=1S/C27H21F2N7/c1-36(2)14-15-8-18(13-30-12-15)17-10-20-24(21(29)11-17)34-35-25(20)27-32-22-6-7-31-23(26(22)33-27)16-4-3-5-19(28)9-16/h3-13H,14H2,1-2H3,(H,32,33)(H,34,35). The first-order valence-corrected chi connectivity index (χ1v) is 11.3. The number of H-pyrrole nitrogens is 2. The molecule has 4 aromatic heterocycles. The summed E-state index contributed by atoms with van der Waals surface area (Å²) in [6.07, 6.45) is 5.17. The number of nitrogens with zero attached hydrogens (tertiary/aromatic N) is 5. The quantitative estimate of drug-likeness (QED) is 0.336. The first-order chi connectivity index (χ1) is 17.5. The maximum absolute atomic E-state index is 15.1. The second-order valence-electron chi connectivity index (χ2n) is 8.92. The fourth-order valence-electron chi connectivity index (χ4n) is 4.42. The van der Waals surface area contributed by atoms with Crippen LogP contribution in [-0.2, 0) is 6.54 Å². The number of hydrogen-bond donors (Lipinski definition) is 2. The molecule has 0 spiro atoms. The van der Waals surface area contributed by atoms with Crippen molar-refractivity contribution in [1.29, 1.82) is 0 Å². The first-order valence-electron chi connectivity index (χ1n) is 11.3.